The van der Waals surface area contributed by atoms with E-state index in [0.29, 0.717) is 17.1 Å². The van der Waals surface area contributed by atoms with Crippen molar-refractivity contribution in [1.29, 1.82) is 0 Å². The van der Waals surface area contributed by atoms with Gasteiger partial charge in [0, 0.05) is 19.3 Å². The lowest BCUT2D eigenvalue weighted by Crippen LogP contribution is -2.40. The first-order chi connectivity index (χ1) is 12.9. The van der Waals surface area contributed by atoms with Crippen molar-refractivity contribution in [2.75, 3.05) is 19.3 Å². The number of sulfone groups is 1. The summed E-state index contributed by atoms with van der Waals surface area (Å²) in [7, 11) is -3.19. The molecule has 0 aromatic heterocycles. The first-order valence-corrected chi connectivity index (χ1v) is 11.9. The number of halogens is 1. The maximum Gasteiger partial charge on any atom is 0.191 e. The maximum absolute atomic E-state index is 13.7. The Bertz CT molecular complexity index is 774. The third-order valence-electron chi connectivity index (χ3n) is 5.30. The minimum atomic E-state index is -3.19. The second-order valence-electron chi connectivity index (χ2n) is 7.90. The van der Waals surface area contributed by atoms with Crippen LogP contribution in [0.2, 0.25) is 0 Å². The number of hydrogen-bond donors (Lipinski definition) is 2. The van der Waals surface area contributed by atoms with Crippen molar-refractivity contribution in [2.45, 2.75) is 44.9 Å². The Labute approximate surface area is 161 Å². The monoisotopic (exact) mass is 395 g/mol. The van der Waals surface area contributed by atoms with E-state index in [2.05, 4.69) is 15.6 Å². The van der Waals surface area contributed by atoms with Crippen LogP contribution < -0.4 is 10.6 Å². The summed E-state index contributed by atoms with van der Waals surface area (Å²) in [4.78, 5) is 4.58. The number of hydrogen-bond acceptors (Lipinski definition) is 3. The van der Waals surface area contributed by atoms with Gasteiger partial charge < -0.3 is 10.6 Å². The summed E-state index contributed by atoms with van der Waals surface area (Å²) in [6.45, 7) is 3.91. The molecule has 5 nitrogen and oxygen atoms in total. The molecule has 2 saturated carbocycles. The third-order valence-corrected chi connectivity index (χ3v) is 6.13. The largest absolute Gasteiger partial charge is 0.357 e. The average molecular weight is 396 g/mol. The van der Waals surface area contributed by atoms with Crippen molar-refractivity contribution >= 4 is 15.8 Å². The smallest absolute Gasteiger partial charge is 0.191 e. The van der Waals surface area contributed by atoms with E-state index >= 15 is 0 Å². The molecule has 0 amide bonds. The zero-order valence-electron chi connectivity index (χ0n) is 16.2. The van der Waals surface area contributed by atoms with Crippen molar-refractivity contribution < 1.29 is 12.8 Å². The number of benzene rings is 1. The zero-order valence-corrected chi connectivity index (χ0v) is 17.0. The van der Waals surface area contributed by atoms with Crippen molar-refractivity contribution in [1.82, 2.24) is 10.6 Å². The van der Waals surface area contributed by atoms with Gasteiger partial charge in [-0.15, -0.1) is 0 Å². The normalized spacial score (nSPS) is 18.0. The third kappa shape index (κ3) is 6.48. The Kier molecular flexibility index (Phi) is 6.40. The topological polar surface area (TPSA) is 70.6 Å². The van der Waals surface area contributed by atoms with Crippen LogP contribution in [-0.2, 0) is 22.1 Å². The Morgan fingerprint density at radius 2 is 1.85 bits per heavy atom. The number of rotatable bonds is 9. The molecular formula is C20H30FN3O2S. The molecule has 27 heavy (non-hydrogen) atoms. The lowest BCUT2D eigenvalue weighted by Gasteiger charge is -2.19. The molecule has 0 heterocycles. The minimum absolute atomic E-state index is 0.104. The van der Waals surface area contributed by atoms with Crippen LogP contribution in [0.1, 0.15) is 43.7 Å². The van der Waals surface area contributed by atoms with Gasteiger partial charge in [0.1, 0.15) is 5.82 Å². The van der Waals surface area contributed by atoms with Crippen LogP contribution in [0.15, 0.2) is 23.2 Å². The Hall–Kier alpha value is -1.63. The molecule has 3 rings (SSSR count). The molecule has 0 bridgehead atoms. The van der Waals surface area contributed by atoms with E-state index in [-0.39, 0.29) is 18.1 Å². The van der Waals surface area contributed by atoms with E-state index in [4.69, 9.17) is 0 Å². The molecule has 2 aliphatic rings. The standard InChI is InChI=1S/C20H30FN3O2S/c1-3-22-20(24-12-19(14-4-5-14)15-6-7-15)23-11-17-10-18(21)9-8-16(17)13-27(2,25)26/h8-10,14-15,19H,3-7,11-13H2,1-2H3,(H2,22,23,24). The van der Waals surface area contributed by atoms with Gasteiger partial charge >= 0.3 is 0 Å². The second-order valence-corrected chi connectivity index (χ2v) is 10.0. The van der Waals surface area contributed by atoms with Gasteiger partial charge in [-0.05, 0) is 73.6 Å². The van der Waals surface area contributed by atoms with Gasteiger partial charge in [0.05, 0.1) is 12.3 Å². The molecule has 2 aliphatic carbocycles. The Morgan fingerprint density at radius 3 is 2.41 bits per heavy atom. The molecular weight excluding hydrogens is 365 g/mol. The second kappa shape index (κ2) is 8.59. The summed E-state index contributed by atoms with van der Waals surface area (Å²) in [5.41, 5.74) is 1.21. The highest BCUT2D eigenvalue weighted by Gasteiger charge is 2.41. The summed E-state index contributed by atoms with van der Waals surface area (Å²) in [5.74, 6) is 2.67. The summed E-state index contributed by atoms with van der Waals surface area (Å²) in [5, 5.41) is 6.68. The van der Waals surface area contributed by atoms with Gasteiger partial charge in [0.15, 0.2) is 15.8 Å². The molecule has 0 spiro atoms. The number of nitrogens with one attached hydrogen (secondary N) is 2. The molecule has 0 saturated heterocycles. The van der Waals surface area contributed by atoms with E-state index in [9.17, 15) is 12.8 Å². The predicted octanol–water partition coefficient (Wildman–Crippen LogP) is 2.86. The lowest BCUT2D eigenvalue weighted by atomic mass is 9.98. The van der Waals surface area contributed by atoms with Gasteiger partial charge in [0.25, 0.3) is 0 Å². The van der Waals surface area contributed by atoms with Gasteiger partial charge in [-0.3, -0.25) is 0 Å². The molecule has 150 valence electrons. The quantitative estimate of drug-likeness (QED) is 0.498. The number of aliphatic imine (C=N–C) groups is 1. The van der Waals surface area contributed by atoms with Crippen LogP contribution in [0.25, 0.3) is 0 Å². The van der Waals surface area contributed by atoms with Crippen molar-refractivity contribution in [2.24, 2.45) is 22.7 Å². The molecule has 1 aromatic rings. The van der Waals surface area contributed by atoms with Gasteiger partial charge in [-0.25, -0.2) is 17.8 Å². The van der Waals surface area contributed by atoms with E-state index in [0.717, 1.165) is 30.8 Å². The van der Waals surface area contributed by atoms with Crippen LogP contribution in [0.4, 0.5) is 4.39 Å². The fourth-order valence-electron chi connectivity index (χ4n) is 3.65. The number of nitrogens with zero attached hydrogens (tertiary/aromatic N) is 1. The van der Waals surface area contributed by atoms with Gasteiger partial charge in [-0.1, -0.05) is 6.07 Å². The van der Waals surface area contributed by atoms with Gasteiger partial charge in [0.2, 0.25) is 0 Å². The molecule has 0 radical (unpaired) electrons. The van der Waals surface area contributed by atoms with Crippen LogP contribution in [-0.4, -0.2) is 33.7 Å². The summed E-state index contributed by atoms with van der Waals surface area (Å²) in [6, 6.07) is 4.22. The molecule has 2 N–H and O–H groups in total. The lowest BCUT2D eigenvalue weighted by molar-refractivity contribution is 0.400. The summed E-state index contributed by atoms with van der Waals surface area (Å²) in [6.07, 6.45) is 6.55. The van der Waals surface area contributed by atoms with Crippen LogP contribution >= 0.6 is 0 Å². The van der Waals surface area contributed by atoms with Crippen LogP contribution in [0, 0.1) is 23.6 Å². The predicted molar refractivity (Wildman–Crippen MR) is 107 cm³/mol. The highest BCUT2D eigenvalue weighted by Crippen LogP contribution is 2.48. The van der Waals surface area contributed by atoms with Crippen molar-refractivity contribution in [3.8, 4) is 0 Å². The SMILES string of the molecule is CCNC(=NCc1cc(F)ccc1CS(C)(=O)=O)NCC(C1CC1)C1CC1. The summed E-state index contributed by atoms with van der Waals surface area (Å²) >= 11 is 0. The number of guanidine groups is 1. The Balaban J connectivity index is 1.67. The van der Waals surface area contributed by atoms with Crippen molar-refractivity contribution in [3.05, 3.63) is 35.1 Å². The molecule has 7 heteroatoms. The molecule has 1 aromatic carbocycles. The minimum Gasteiger partial charge on any atom is -0.357 e. The average Bonchev–Trinajstić information content (AvgIpc) is 3.47. The highest BCUT2D eigenvalue weighted by molar-refractivity contribution is 7.89. The molecule has 0 aliphatic heterocycles. The van der Waals surface area contributed by atoms with Gasteiger partial charge in [-0.2, -0.15) is 0 Å². The van der Waals surface area contributed by atoms with E-state index < -0.39 is 9.84 Å². The first-order valence-electron chi connectivity index (χ1n) is 9.83. The molecule has 0 atom stereocenters. The van der Waals surface area contributed by atoms with Crippen LogP contribution in [0.5, 0.6) is 0 Å². The maximum atomic E-state index is 13.7. The summed E-state index contributed by atoms with van der Waals surface area (Å²) < 4.78 is 37.0. The fourth-order valence-corrected chi connectivity index (χ4v) is 4.50. The zero-order chi connectivity index (χ0) is 19.4. The molecule has 2 fully saturated rings. The van der Waals surface area contributed by atoms with E-state index in [1.165, 1.54) is 50.1 Å². The van der Waals surface area contributed by atoms with Crippen LogP contribution in [0.3, 0.4) is 0 Å². The van der Waals surface area contributed by atoms with E-state index in [1.54, 1.807) is 0 Å². The van der Waals surface area contributed by atoms with E-state index in [1.807, 2.05) is 6.92 Å². The highest BCUT2D eigenvalue weighted by atomic mass is 32.2. The van der Waals surface area contributed by atoms with Crippen molar-refractivity contribution in [3.63, 3.8) is 0 Å². The molecule has 0 unspecified atom stereocenters. The Morgan fingerprint density at radius 1 is 1.19 bits per heavy atom. The fraction of sp³-hybridized carbons (Fsp3) is 0.650. The first kappa shape index (κ1) is 20.1.